The summed E-state index contributed by atoms with van der Waals surface area (Å²) in [7, 11) is 0. The van der Waals surface area contributed by atoms with Crippen LogP contribution in [0.1, 0.15) is 28.4 Å². The van der Waals surface area contributed by atoms with Gasteiger partial charge in [-0.2, -0.15) is 5.26 Å². The summed E-state index contributed by atoms with van der Waals surface area (Å²) < 4.78 is 0. The Kier molecular flexibility index (Phi) is 5.28. The molecule has 0 radical (unpaired) electrons. The van der Waals surface area contributed by atoms with E-state index in [0.29, 0.717) is 22.1 Å². The van der Waals surface area contributed by atoms with Gasteiger partial charge in [0.25, 0.3) is 0 Å². The number of Topliss-reactive ketones (excluding diaryl/α,β-unsaturated/α-hetero) is 1. The van der Waals surface area contributed by atoms with Gasteiger partial charge in [0, 0.05) is 10.9 Å². The fourth-order valence-corrected chi connectivity index (χ4v) is 4.67. The normalized spacial score (nSPS) is 10.9. The quantitative estimate of drug-likeness (QED) is 0.283. The summed E-state index contributed by atoms with van der Waals surface area (Å²) >= 11 is 0. The van der Waals surface area contributed by atoms with Crippen LogP contribution in [0.15, 0.2) is 95.8 Å². The van der Waals surface area contributed by atoms with E-state index in [0.717, 1.165) is 38.4 Å². The van der Waals surface area contributed by atoms with Crippen molar-refractivity contribution in [3.63, 3.8) is 0 Å². The Hall–Kier alpha value is -4.55. The average Bonchev–Trinajstić information content (AvgIpc) is 2.97. The van der Waals surface area contributed by atoms with E-state index in [1.165, 1.54) is 0 Å². The zero-order chi connectivity index (χ0) is 23.8. The molecule has 3 nitrogen and oxygen atoms in total. The Bertz CT molecular complexity index is 1720. The molecule has 0 N–H and O–H groups in total. The summed E-state index contributed by atoms with van der Waals surface area (Å²) in [5.41, 5.74) is 5.30. The van der Waals surface area contributed by atoms with Crippen molar-refractivity contribution in [1.82, 2.24) is 0 Å². The fourth-order valence-electron chi connectivity index (χ4n) is 4.67. The lowest BCUT2D eigenvalue weighted by molar-refractivity contribution is 0.101. The van der Waals surface area contributed by atoms with Gasteiger partial charge < -0.3 is 0 Å². The maximum absolute atomic E-state index is 13.3. The smallest absolute Gasteiger partial charge is 0.189 e. The fraction of sp³-hybridized carbons (Fsp3) is 0.0645. The molecule has 34 heavy (non-hydrogen) atoms. The molecule has 0 amide bonds. The van der Waals surface area contributed by atoms with Crippen LogP contribution in [0.5, 0.6) is 0 Å². The van der Waals surface area contributed by atoms with Gasteiger partial charge in [0.1, 0.15) is 0 Å². The first-order chi connectivity index (χ1) is 16.5. The number of nitriles is 1. The maximum Gasteiger partial charge on any atom is 0.189 e. The lowest BCUT2D eigenvalue weighted by Gasteiger charge is -2.11. The second kappa shape index (κ2) is 8.42. The van der Waals surface area contributed by atoms with Crippen molar-refractivity contribution in [2.75, 3.05) is 0 Å². The molecule has 5 rings (SSSR count). The van der Waals surface area contributed by atoms with E-state index >= 15 is 0 Å². The largest absolute Gasteiger partial charge is 0.294 e. The van der Waals surface area contributed by atoms with Crippen molar-refractivity contribution >= 4 is 27.3 Å². The molecule has 0 aliphatic carbocycles. The van der Waals surface area contributed by atoms with Crippen molar-refractivity contribution < 1.29 is 4.79 Å². The number of carbonyl (C=O) groups is 1. The van der Waals surface area contributed by atoms with Crippen LogP contribution in [0.3, 0.4) is 0 Å². The number of carbonyl (C=O) groups excluding carboxylic acids is 1. The summed E-state index contributed by atoms with van der Waals surface area (Å²) in [6, 6.07) is 30.9. The number of nitrogens with zero attached hydrogens (tertiary/aromatic N) is 1. The highest BCUT2D eigenvalue weighted by atomic mass is 16.1. The molecule has 0 fully saturated rings. The van der Waals surface area contributed by atoms with Gasteiger partial charge in [0.15, 0.2) is 11.2 Å². The molecule has 5 aromatic rings. The third-order valence-electron chi connectivity index (χ3n) is 6.33. The Balaban J connectivity index is 1.93. The van der Waals surface area contributed by atoms with Crippen LogP contribution in [-0.4, -0.2) is 5.78 Å². The Labute approximate surface area is 197 Å². The minimum absolute atomic E-state index is 0.00519. The lowest BCUT2D eigenvalue weighted by atomic mass is 9.92. The average molecular weight is 440 g/mol. The Morgan fingerprint density at radius 2 is 1.41 bits per heavy atom. The standard InChI is InChI=1S/C31H21NO2/c1-19-16-29-26(25-11-6-5-9-23(25)20(2)33)12-7-13-27(29)30-17-21(14-15-28(30)31(19)34)24-10-4-3-8-22(24)18-32/h3-17H,1-2H3. The lowest BCUT2D eigenvalue weighted by Crippen LogP contribution is -2.01. The molecule has 162 valence electrons. The van der Waals surface area contributed by atoms with Crippen LogP contribution in [0, 0.1) is 18.3 Å². The molecule has 0 aliphatic rings. The zero-order valence-corrected chi connectivity index (χ0v) is 18.9. The van der Waals surface area contributed by atoms with Crippen molar-refractivity contribution in [2.45, 2.75) is 13.8 Å². The predicted molar refractivity (Wildman–Crippen MR) is 138 cm³/mol. The van der Waals surface area contributed by atoms with E-state index in [4.69, 9.17) is 0 Å². The van der Waals surface area contributed by atoms with Gasteiger partial charge >= 0.3 is 0 Å². The van der Waals surface area contributed by atoms with Crippen molar-refractivity contribution in [2.24, 2.45) is 0 Å². The summed E-state index contributed by atoms with van der Waals surface area (Å²) in [5.74, 6) is -0.00519. The number of benzene rings is 4. The third kappa shape index (κ3) is 3.46. The summed E-state index contributed by atoms with van der Waals surface area (Å²) in [4.78, 5) is 25.7. The van der Waals surface area contributed by atoms with Gasteiger partial charge in [0.05, 0.1) is 11.6 Å². The molecule has 0 saturated heterocycles. The van der Waals surface area contributed by atoms with E-state index in [9.17, 15) is 14.9 Å². The highest BCUT2D eigenvalue weighted by Crippen LogP contribution is 2.35. The molecule has 0 bridgehead atoms. The van der Waals surface area contributed by atoms with Crippen LogP contribution in [0.25, 0.3) is 43.8 Å². The van der Waals surface area contributed by atoms with E-state index in [-0.39, 0.29) is 11.2 Å². The highest BCUT2D eigenvalue weighted by molar-refractivity contribution is 6.13. The molecule has 0 saturated carbocycles. The first kappa shape index (κ1) is 21.3. The van der Waals surface area contributed by atoms with Gasteiger partial charge in [0.2, 0.25) is 0 Å². The zero-order valence-electron chi connectivity index (χ0n) is 18.9. The number of hydrogen-bond acceptors (Lipinski definition) is 3. The summed E-state index contributed by atoms with van der Waals surface area (Å²) in [6.07, 6.45) is 0. The molecular formula is C31H21NO2. The van der Waals surface area contributed by atoms with Crippen LogP contribution < -0.4 is 5.43 Å². The summed E-state index contributed by atoms with van der Waals surface area (Å²) in [5, 5.41) is 12.9. The molecular weight excluding hydrogens is 418 g/mol. The van der Waals surface area contributed by atoms with E-state index in [1.807, 2.05) is 91.9 Å². The van der Waals surface area contributed by atoms with Crippen LogP contribution in [0.4, 0.5) is 0 Å². The van der Waals surface area contributed by atoms with Crippen molar-refractivity contribution in [3.8, 4) is 28.3 Å². The molecule has 0 aromatic heterocycles. The topological polar surface area (TPSA) is 57.9 Å². The first-order valence-electron chi connectivity index (χ1n) is 11.1. The number of fused-ring (bicyclic) bond motifs is 3. The minimum Gasteiger partial charge on any atom is -0.294 e. The predicted octanol–water partition coefficient (Wildman–Crippen LogP) is 7.07. The van der Waals surface area contributed by atoms with Crippen LogP contribution >= 0.6 is 0 Å². The van der Waals surface area contributed by atoms with Crippen LogP contribution in [0.2, 0.25) is 0 Å². The molecule has 0 unspecified atom stereocenters. The Morgan fingerprint density at radius 1 is 0.706 bits per heavy atom. The number of hydrogen-bond donors (Lipinski definition) is 0. The van der Waals surface area contributed by atoms with E-state index in [2.05, 4.69) is 6.07 Å². The van der Waals surface area contributed by atoms with Gasteiger partial charge in [-0.05, 0) is 82.1 Å². The monoisotopic (exact) mass is 439 g/mol. The van der Waals surface area contributed by atoms with Gasteiger partial charge in [-0.15, -0.1) is 0 Å². The Morgan fingerprint density at radius 3 is 2.18 bits per heavy atom. The first-order valence-corrected chi connectivity index (χ1v) is 11.1. The molecule has 0 heterocycles. The molecule has 5 aromatic carbocycles. The second-order valence-corrected chi connectivity index (χ2v) is 8.44. The molecule has 0 spiro atoms. The molecule has 0 aliphatic heterocycles. The van der Waals surface area contributed by atoms with Gasteiger partial charge in [-0.1, -0.05) is 66.7 Å². The van der Waals surface area contributed by atoms with Crippen LogP contribution in [-0.2, 0) is 0 Å². The third-order valence-corrected chi connectivity index (χ3v) is 6.33. The number of rotatable bonds is 3. The molecule has 3 heteroatoms. The number of ketones is 1. The van der Waals surface area contributed by atoms with Gasteiger partial charge in [-0.3, -0.25) is 9.59 Å². The second-order valence-electron chi connectivity index (χ2n) is 8.44. The minimum atomic E-state index is -0.0304. The number of aryl methyl sites for hydroxylation is 1. The SMILES string of the molecule is CC(=O)c1ccccc1-c1cccc2c1cc(C)c(=O)c1ccc(-c3ccccc3C#N)cc12. The molecule has 0 atom stereocenters. The van der Waals surface area contributed by atoms with Gasteiger partial charge in [-0.25, -0.2) is 0 Å². The maximum atomic E-state index is 13.3. The van der Waals surface area contributed by atoms with Crippen molar-refractivity contribution in [3.05, 3.63) is 118 Å². The summed E-state index contributed by atoms with van der Waals surface area (Å²) in [6.45, 7) is 3.40. The van der Waals surface area contributed by atoms with Crippen molar-refractivity contribution in [1.29, 1.82) is 5.26 Å². The van der Waals surface area contributed by atoms with E-state index in [1.54, 1.807) is 13.0 Å². The highest BCUT2D eigenvalue weighted by Gasteiger charge is 2.14. The van der Waals surface area contributed by atoms with E-state index < -0.39 is 0 Å².